The minimum atomic E-state index is -0.0541. The Morgan fingerprint density at radius 1 is 1.14 bits per heavy atom. The van der Waals surface area contributed by atoms with Crippen LogP contribution in [-0.4, -0.2) is 12.5 Å². The first-order valence-electron chi connectivity index (χ1n) is 6.97. The highest BCUT2D eigenvalue weighted by molar-refractivity contribution is 9.10. The third-order valence-electron chi connectivity index (χ3n) is 3.27. The van der Waals surface area contributed by atoms with Crippen molar-refractivity contribution in [1.82, 2.24) is 0 Å². The lowest BCUT2D eigenvalue weighted by Gasteiger charge is -2.10. The Morgan fingerprint density at radius 3 is 2.48 bits per heavy atom. The molecule has 0 heterocycles. The number of carbonyl (C=O) groups is 1. The first-order valence-corrected chi connectivity index (χ1v) is 7.76. The van der Waals surface area contributed by atoms with Gasteiger partial charge in [-0.05, 0) is 54.8 Å². The average Bonchev–Trinajstić information content (AvgIpc) is 2.47. The molecule has 1 amide bonds. The molecule has 0 aliphatic carbocycles. The quantitative estimate of drug-likeness (QED) is 0.843. The first-order chi connectivity index (χ1) is 10.1. The van der Waals surface area contributed by atoms with E-state index in [4.69, 9.17) is 0 Å². The van der Waals surface area contributed by atoms with E-state index < -0.39 is 0 Å². The lowest BCUT2D eigenvalue weighted by atomic mass is 10.1. The number of carbonyl (C=O) groups excluding carboxylic acids is 1. The Bertz CT molecular complexity index is 623. The van der Waals surface area contributed by atoms with Crippen molar-refractivity contribution in [3.05, 3.63) is 58.1 Å². The molecule has 3 nitrogen and oxygen atoms in total. The van der Waals surface area contributed by atoms with E-state index in [0.29, 0.717) is 0 Å². The summed E-state index contributed by atoms with van der Waals surface area (Å²) in [4.78, 5) is 11.9. The predicted octanol–water partition coefficient (Wildman–Crippen LogP) is 4.37. The van der Waals surface area contributed by atoms with E-state index in [9.17, 15) is 4.79 Å². The van der Waals surface area contributed by atoms with Crippen LogP contribution in [0.4, 0.5) is 11.4 Å². The molecule has 0 saturated carbocycles. The molecule has 2 N–H and O–H groups in total. The SMILES string of the molecule is CCc1ccc(NC(=O)CNc2ccc(Br)cc2C)cc1. The summed E-state index contributed by atoms with van der Waals surface area (Å²) in [5, 5.41) is 6.03. The van der Waals surface area contributed by atoms with Crippen LogP contribution in [0.15, 0.2) is 46.9 Å². The zero-order valence-electron chi connectivity index (χ0n) is 12.2. The maximum atomic E-state index is 11.9. The first kappa shape index (κ1) is 15.6. The van der Waals surface area contributed by atoms with Crippen LogP contribution in [-0.2, 0) is 11.2 Å². The molecule has 0 fully saturated rings. The smallest absolute Gasteiger partial charge is 0.243 e. The Kier molecular flexibility index (Phi) is 5.39. The maximum Gasteiger partial charge on any atom is 0.243 e. The van der Waals surface area contributed by atoms with Crippen LogP contribution < -0.4 is 10.6 Å². The van der Waals surface area contributed by atoms with Crippen molar-refractivity contribution < 1.29 is 4.79 Å². The van der Waals surface area contributed by atoms with Crippen LogP contribution >= 0.6 is 15.9 Å². The van der Waals surface area contributed by atoms with E-state index in [2.05, 4.69) is 33.5 Å². The summed E-state index contributed by atoms with van der Waals surface area (Å²) in [6.07, 6.45) is 0.999. The number of benzene rings is 2. The second-order valence-electron chi connectivity index (χ2n) is 4.91. The molecular formula is C17H19BrN2O. The van der Waals surface area contributed by atoms with Gasteiger partial charge in [0.25, 0.3) is 0 Å². The van der Waals surface area contributed by atoms with E-state index in [1.165, 1.54) is 5.56 Å². The second-order valence-corrected chi connectivity index (χ2v) is 5.83. The van der Waals surface area contributed by atoms with E-state index in [-0.39, 0.29) is 12.5 Å². The predicted molar refractivity (Wildman–Crippen MR) is 91.8 cm³/mol. The minimum Gasteiger partial charge on any atom is -0.376 e. The fourth-order valence-corrected chi connectivity index (χ4v) is 2.51. The Hall–Kier alpha value is -1.81. The van der Waals surface area contributed by atoms with Crippen molar-refractivity contribution in [2.24, 2.45) is 0 Å². The minimum absolute atomic E-state index is 0.0541. The summed E-state index contributed by atoms with van der Waals surface area (Å²) in [7, 11) is 0. The molecule has 0 atom stereocenters. The third-order valence-corrected chi connectivity index (χ3v) is 3.77. The van der Waals surface area contributed by atoms with Crippen molar-refractivity contribution >= 4 is 33.2 Å². The molecule has 0 bridgehead atoms. The van der Waals surface area contributed by atoms with Gasteiger partial charge in [-0.15, -0.1) is 0 Å². The van der Waals surface area contributed by atoms with Gasteiger partial charge in [-0.3, -0.25) is 4.79 Å². The normalized spacial score (nSPS) is 10.2. The molecular weight excluding hydrogens is 328 g/mol. The number of amides is 1. The van der Waals surface area contributed by atoms with Crippen molar-refractivity contribution in [2.75, 3.05) is 17.2 Å². The number of rotatable bonds is 5. The van der Waals surface area contributed by atoms with Gasteiger partial charge in [0.2, 0.25) is 5.91 Å². The van der Waals surface area contributed by atoms with Crippen LogP contribution in [0.3, 0.4) is 0 Å². The van der Waals surface area contributed by atoms with Gasteiger partial charge in [-0.1, -0.05) is 35.0 Å². The van der Waals surface area contributed by atoms with Crippen LogP contribution in [0, 0.1) is 6.92 Å². The molecule has 2 rings (SSSR count). The largest absolute Gasteiger partial charge is 0.376 e. The van der Waals surface area contributed by atoms with Gasteiger partial charge in [-0.2, -0.15) is 0 Å². The highest BCUT2D eigenvalue weighted by atomic mass is 79.9. The van der Waals surface area contributed by atoms with E-state index in [1.807, 2.05) is 49.4 Å². The Balaban J connectivity index is 1.89. The molecule has 4 heteroatoms. The molecule has 110 valence electrons. The molecule has 2 aromatic carbocycles. The van der Waals surface area contributed by atoms with Gasteiger partial charge < -0.3 is 10.6 Å². The molecule has 0 aromatic heterocycles. The van der Waals surface area contributed by atoms with Gasteiger partial charge in [0.1, 0.15) is 0 Å². The highest BCUT2D eigenvalue weighted by Crippen LogP contribution is 2.19. The van der Waals surface area contributed by atoms with E-state index >= 15 is 0 Å². The standard InChI is InChI=1S/C17H19BrN2O/c1-3-13-4-7-15(8-5-13)20-17(21)11-19-16-9-6-14(18)10-12(16)2/h4-10,19H,3,11H2,1-2H3,(H,20,21). The monoisotopic (exact) mass is 346 g/mol. The summed E-state index contributed by atoms with van der Waals surface area (Å²) in [5.74, 6) is -0.0541. The third kappa shape index (κ3) is 4.60. The number of anilines is 2. The number of hydrogen-bond donors (Lipinski definition) is 2. The fourth-order valence-electron chi connectivity index (χ4n) is 2.03. The molecule has 0 radical (unpaired) electrons. The van der Waals surface area contributed by atoms with Crippen LogP contribution in [0.2, 0.25) is 0 Å². The Labute approximate surface area is 133 Å². The van der Waals surface area contributed by atoms with Crippen LogP contribution in [0.5, 0.6) is 0 Å². The summed E-state index contributed by atoms with van der Waals surface area (Å²) in [5.41, 5.74) is 4.15. The number of halogens is 1. The Morgan fingerprint density at radius 2 is 1.86 bits per heavy atom. The fraction of sp³-hybridized carbons (Fsp3) is 0.235. The number of nitrogens with one attached hydrogen (secondary N) is 2. The zero-order chi connectivity index (χ0) is 15.2. The molecule has 0 unspecified atom stereocenters. The lowest BCUT2D eigenvalue weighted by Crippen LogP contribution is -2.22. The lowest BCUT2D eigenvalue weighted by molar-refractivity contribution is -0.114. The van der Waals surface area contributed by atoms with Gasteiger partial charge >= 0.3 is 0 Å². The molecule has 0 spiro atoms. The summed E-state index contributed by atoms with van der Waals surface area (Å²) >= 11 is 3.43. The van der Waals surface area contributed by atoms with Crippen molar-refractivity contribution in [1.29, 1.82) is 0 Å². The number of aryl methyl sites for hydroxylation is 2. The molecule has 2 aromatic rings. The molecule has 0 saturated heterocycles. The van der Waals surface area contributed by atoms with Crippen molar-refractivity contribution in [3.63, 3.8) is 0 Å². The maximum absolute atomic E-state index is 11.9. The van der Waals surface area contributed by atoms with Gasteiger partial charge in [0, 0.05) is 15.8 Å². The summed E-state index contributed by atoms with van der Waals surface area (Å²) in [6, 6.07) is 13.9. The zero-order valence-corrected chi connectivity index (χ0v) is 13.8. The molecule has 0 aliphatic heterocycles. The topological polar surface area (TPSA) is 41.1 Å². The second kappa shape index (κ2) is 7.27. The van der Waals surface area contributed by atoms with Crippen molar-refractivity contribution in [3.8, 4) is 0 Å². The highest BCUT2D eigenvalue weighted by Gasteiger charge is 2.04. The summed E-state index contributed by atoms with van der Waals surface area (Å²) in [6.45, 7) is 4.37. The van der Waals surface area contributed by atoms with E-state index in [0.717, 1.165) is 27.8 Å². The van der Waals surface area contributed by atoms with Crippen LogP contribution in [0.25, 0.3) is 0 Å². The number of hydrogen-bond acceptors (Lipinski definition) is 2. The van der Waals surface area contributed by atoms with Crippen LogP contribution in [0.1, 0.15) is 18.1 Å². The van der Waals surface area contributed by atoms with E-state index in [1.54, 1.807) is 0 Å². The van der Waals surface area contributed by atoms with Gasteiger partial charge in [0.05, 0.1) is 6.54 Å². The van der Waals surface area contributed by atoms with Crippen molar-refractivity contribution in [2.45, 2.75) is 20.3 Å². The average molecular weight is 347 g/mol. The molecule has 0 aliphatic rings. The van der Waals surface area contributed by atoms with Gasteiger partial charge in [0.15, 0.2) is 0 Å². The van der Waals surface area contributed by atoms with Gasteiger partial charge in [-0.25, -0.2) is 0 Å². The molecule has 21 heavy (non-hydrogen) atoms. The summed E-state index contributed by atoms with van der Waals surface area (Å²) < 4.78 is 1.03.